The van der Waals surface area contributed by atoms with E-state index in [0.717, 1.165) is 0 Å². The van der Waals surface area contributed by atoms with Crippen LogP contribution in [0.25, 0.3) is 0 Å². The topological polar surface area (TPSA) is 26.3 Å². The molecule has 0 aromatic carbocycles. The molecule has 0 amide bonds. The second kappa shape index (κ2) is 4.31. The van der Waals surface area contributed by atoms with Gasteiger partial charge in [0.2, 0.25) is 0 Å². The second-order valence-electron chi connectivity index (χ2n) is 2.63. The molecule has 1 radical (unpaired) electrons. The predicted octanol–water partition coefficient (Wildman–Crippen LogP) is 1.80. The lowest BCUT2D eigenvalue weighted by Crippen LogP contribution is -2.18. The van der Waals surface area contributed by atoms with Crippen molar-refractivity contribution in [2.24, 2.45) is 5.92 Å². The third kappa shape index (κ3) is 3.49. The molecule has 1 atom stereocenters. The van der Waals surface area contributed by atoms with Crippen molar-refractivity contribution in [1.82, 2.24) is 0 Å². The first-order chi connectivity index (χ1) is 4.57. The zero-order valence-electron chi connectivity index (χ0n) is 7.05. The maximum absolute atomic E-state index is 10.9. The summed E-state index contributed by atoms with van der Waals surface area (Å²) in [6, 6.07) is 0. The monoisotopic (exact) mass is 143 g/mol. The minimum Gasteiger partial charge on any atom is -0.462 e. The van der Waals surface area contributed by atoms with Crippen molar-refractivity contribution in [3.05, 3.63) is 6.42 Å². The van der Waals surface area contributed by atoms with Crippen molar-refractivity contribution in [1.29, 1.82) is 0 Å². The molecule has 59 valence electrons. The van der Waals surface area contributed by atoms with E-state index >= 15 is 0 Å². The molecule has 0 aromatic heterocycles. The average molecular weight is 143 g/mol. The van der Waals surface area contributed by atoms with E-state index in [9.17, 15) is 4.79 Å². The fourth-order valence-electron chi connectivity index (χ4n) is 0.387. The largest absolute Gasteiger partial charge is 0.462 e. The van der Waals surface area contributed by atoms with Crippen molar-refractivity contribution in [2.75, 3.05) is 0 Å². The first kappa shape index (κ1) is 9.47. The van der Waals surface area contributed by atoms with E-state index in [1.807, 2.05) is 34.1 Å². The van der Waals surface area contributed by atoms with Crippen molar-refractivity contribution in [3.63, 3.8) is 0 Å². The molecule has 0 fully saturated rings. The molecule has 0 aliphatic carbocycles. The van der Waals surface area contributed by atoms with Gasteiger partial charge in [0.05, 0.1) is 5.92 Å². The highest BCUT2D eigenvalue weighted by Crippen LogP contribution is 2.01. The predicted molar refractivity (Wildman–Crippen MR) is 40.4 cm³/mol. The molecule has 10 heavy (non-hydrogen) atoms. The molecule has 2 heteroatoms. The summed E-state index contributed by atoms with van der Waals surface area (Å²) in [7, 11) is 0. The Balaban J connectivity index is 3.57. The molecule has 0 heterocycles. The minimum atomic E-state index is -0.134. The normalized spacial score (nSPS) is 13.3. The lowest BCUT2D eigenvalue weighted by Gasteiger charge is -2.11. The third-order valence-electron chi connectivity index (χ3n) is 1.24. The van der Waals surface area contributed by atoms with Gasteiger partial charge in [0, 0.05) is 0 Å². The van der Waals surface area contributed by atoms with Crippen LogP contribution in [0.3, 0.4) is 0 Å². The molecule has 0 unspecified atom stereocenters. The summed E-state index contributed by atoms with van der Waals surface area (Å²) in [4.78, 5) is 10.9. The van der Waals surface area contributed by atoms with Gasteiger partial charge in [-0.25, -0.2) is 0 Å². The number of hydrogen-bond acceptors (Lipinski definition) is 2. The van der Waals surface area contributed by atoms with Gasteiger partial charge in [-0.15, -0.1) is 0 Å². The maximum Gasteiger partial charge on any atom is 0.308 e. The summed E-state index contributed by atoms with van der Waals surface area (Å²) in [5.41, 5.74) is 0. The van der Waals surface area contributed by atoms with Crippen molar-refractivity contribution < 1.29 is 9.53 Å². The number of carbonyl (C=O) groups is 1. The molecule has 0 aliphatic heterocycles. The maximum atomic E-state index is 10.9. The molecule has 0 bridgehead atoms. The van der Waals surface area contributed by atoms with Gasteiger partial charge in [-0.2, -0.15) is 0 Å². The highest BCUT2D eigenvalue weighted by atomic mass is 16.5. The highest BCUT2D eigenvalue weighted by molar-refractivity contribution is 5.71. The standard InChI is InChI=1S/C8H15O2/c1-5-7(4)10-8(9)6(2)3/h5-7H,1-4H3/t7-/m0/s1. The molecule has 0 saturated heterocycles. The molecular formula is C8H15O2. The summed E-state index contributed by atoms with van der Waals surface area (Å²) < 4.78 is 4.97. The Kier molecular flexibility index (Phi) is 4.08. The molecule has 0 saturated carbocycles. The van der Waals surface area contributed by atoms with Gasteiger partial charge in [-0.3, -0.25) is 4.79 Å². The molecule has 2 nitrogen and oxygen atoms in total. The Morgan fingerprint density at radius 2 is 1.90 bits per heavy atom. The van der Waals surface area contributed by atoms with E-state index in [1.165, 1.54) is 0 Å². The van der Waals surface area contributed by atoms with E-state index in [2.05, 4.69) is 0 Å². The molecule has 0 aliphatic rings. The van der Waals surface area contributed by atoms with E-state index in [-0.39, 0.29) is 18.0 Å². The fourth-order valence-corrected chi connectivity index (χ4v) is 0.387. The Morgan fingerprint density at radius 3 is 2.20 bits per heavy atom. The van der Waals surface area contributed by atoms with Crippen molar-refractivity contribution >= 4 is 5.97 Å². The van der Waals surface area contributed by atoms with Crippen LogP contribution >= 0.6 is 0 Å². The summed E-state index contributed by atoms with van der Waals surface area (Å²) in [5.74, 6) is -0.159. The van der Waals surface area contributed by atoms with Gasteiger partial charge in [-0.1, -0.05) is 20.8 Å². The van der Waals surface area contributed by atoms with Gasteiger partial charge < -0.3 is 4.74 Å². The Morgan fingerprint density at radius 1 is 1.40 bits per heavy atom. The molecule has 0 rings (SSSR count). The number of hydrogen-bond donors (Lipinski definition) is 0. The third-order valence-corrected chi connectivity index (χ3v) is 1.24. The van der Waals surface area contributed by atoms with Gasteiger partial charge >= 0.3 is 5.97 Å². The van der Waals surface area contributed by atoms with Crippen molar-refractivity contribution in [3.8, 4) is 0 Å². The fraction of sp³-hybridized carbons (Fsp3) is 0.750. The van der Waals surface area contributed by atoms with Crippen LogP contribution in [0.1, 0.15) is 27.7 Å². The first-order valence-electron chi connectivity index (χ1n) is 3.58. The first-order valence-corrected chi connectivity index (χ1v) is 3.58. The van der Waals surface area contributed by atoms with Gasteiger partial charge in [0.15, 0.2) is 0 Å². The van der Waals surface area contributed by atoms with Crippen molar-refractivity contribution in [2.45, 2.75) is 33.8 Å². The smallest absolute Gasteiger partial charge is 0.308 e. The van der Waals surface area contributed by atoms with Crippen LogP contribution < -0.4 is 0 Å². The van der Waals surface area contributed by atoms with Crippen LogP contribution in [0.4, 0.5) is 0 Å². The number of carbonyl (C=O) groups excluding carboxylic acids is 1. The van der Waals surface area contributed by atoms with E-state index < -0.39 is 0 Å². The lowest BCUT2D eigenvalue weighted by atomic mass is 10.2. The zero-order valence-corrected chi connectivity index (χ0v) is 7.05. The number of rotatable bonds is 3. The van der Waals surface area contributed by atoms with Crippen LogP contribution in [0.5, 0.6) is 0 Å². The van der Waals surface area contributed by atoms with Crippen LogP contribution in [-0.4, -0.2) is 12.1 Å². The molecular weight excluding hydrogens is 128 g/mol. The van der Waals surface area contributed by atoms with Crippen LogP contribution in [0.15, 0.2) is 0 Å². The zero-order chi connectivity index (χ0) is 8.15. The Hall–Kier alpha value is -0.530. The molecule has 0 N–H and O–H groups in total. The van der Waals surface area contributed by atoms with E-state index in [0.29, 0.717) is 0 Å². The van der Waals surface area contributed by atoms with Gasteiger partial charge in [0.1, 0.15) is 6.10 Å². The van der Waals surface area contributed by atoms with E-state index in [1.54, 1.807) is 0 Å². The van der Waals surface area contributed by atoms with Crippen LogP contribution in [0.2, 0.25) is 0 Å². The van der Waals surface area contributed by atoms with Crippen LogP contribution in [0, 0.1) is 12.3 Å². The molecule has 0 aromatic rings. The summed E-state index contributed by atoms with van der Waals surface area (Å²) in [6.45, 7) is 7.37. The van der Waals surface area contributed by atoms with Crippen LogP contribution in [-0.2, 0) is 9.53 Å². The quantitative estimate of drug-likeness (QED) is 0.563. The molecule has 0 spiro atoms. The number of esters is 1. The second-order valence-corrected chi connectivity index (χ2v) is 2.63. The number of ether oxygens (including phenoxy) is 1. The average Bonchev–Trinajstić information content (AvgIpc) is 1.87. The Bertz CT molecular complexity index is 108. The summed E-state index contributed by atoms with van der Waals surface area (Å²) in [5, 5.41) is 0. The lowest BCUT2D eigenvalue weighted by molar-refractivity contribution is -0.150. The minimum absolute atomic E-state index is 0.0256. The SMILES string of the molecule is C[CH][C@H](C)OC(=O)C(C)C. The summed E-state index contributed by atoms with van der Waals surface area (Å²) in [6.07, 6.45) is 1.79. The highest BCUT2D eigenvalue weighted by Gasteiger charge is 2.10. The Labute approximate surface area is 62.6 Å². The van der Waals surface area contributed by atoms with Gasteiger partial charge in [-0.05, 0) is 13.3 Å². The summed E-state index contributed by atoms with van der Waals surface area (Å²) >= 11 is 0. The van der Waals surface area contributed by atoms with E-state index in [4.69, 9.17) is 4.74 Å². The van der Waals surface area contributed by atoms with Gasteiger partial charge in [0.25, 0.3) is 0 Å².